The number of pyridine rings is 1. The second-order valence-electron chi connectivity index (χ2n) is 4.08. The summed E-state index contributed by atoms with van der Waals surface area (Å²) in [6.45, 7) is 0.479. The van der Waals surface area contributed by atoms with Gasteiger partial charge in [0, 0.05) is 12.3 Å². The summed E-state index contributed by atoms with van der Waals surface area (Å²) in [6.07, 6.45) is 6.26. The van der Waals surface area contributed by atoms with Gasteiger partial charge in [0.2, 0.25) is 0 Å². The van der Waals surface area contributed by atoms with Crippen molar-refractivity contribution in [2.45, 2.75) is 6.61 Å². The van der Waals surface area contributed by atoms with Gasteiger partial charge >= 0.3 is 5.97 Å². The number of aromatic nitrogens is 1. The molecule has 4 heteroatoms. The Kier molecular flexibility index (Phi) is 4.89. The van der Waals surface area contributed by atoms with Crippen molar-refractivity contribution in [1.29, 1.82) is 0 Å². The molecular weight excluding hydrogens is 254 g/mol. The fourth-order valence-corrected chi connectivity index (χ4v) is 1.58. The molecule has 1 aromatic carbocycles. The molecule has 2 aromatic rings. The van der Waals surface area contributed by atoms with Crippen molar-refractivity contribution < 1.29 is 14.3 Å². The summed E-state index contributed by atoms with van der Waals surface area (Å²) >= 11 is 0. The number of ether oxygens (including phenoxy) is 2. The van der Waals surface area contributed by atoms with Crippen LogP contribution >= 0.6 is 0 Å². The molecule has 0 aliphatic heterocycles. The highest BCUT2D eigenvalue weighted by molar-refractivity contribution is 5.86. The van der Waals surface area contributed by atoms with E-state index in [9.17, 15) is 4.79 Å². The fourth-order valence-electron chi connectivity index (χ4n) is 1.58. The second kappa shape index (κ2) is 7.09. The van der Waals surface area contributed by atoms with Crippen molar-refractivity contribution in [2.75, 3.05) is 7.11 Å². The van der Waals surface area contributed by atoms with Crippen molar-refractivity contribution in [1.82, 2.24) is 4.98 Å². The van der Waals surface area contributed by atoms with Crippen LogP contribution in [0.5, 0.6) is 5.75 Å². The summed E-state index contributed by atoms with van der Waals surface area (Å²) in [6, 6.07) is 11.7. The third-order valence-electron chi connectivity index (χ3n) is 2.60. The van der Waals surface area contributed by atoms with Gasteiger partial charge < -0.3 is 9.47 Å². The normalized spacial score (nSPS) is 10.4. The number of carbonyl (C=O) groups excluding carboxylic acids is 1. The van der Waals surface area contributed by atoms with Crippen LogP contribution in [-0.4, -0.2) is 18.1 Å². The molecule has 0 amide bonds. The molecule has 0 saturated heterocycles. The van der Waals surface area contributed by atoms with Crippen LogP contribution in [0.3, 0.4) is 0 Å². The minimum absolute atomic E-state index is 0.402. The third-order valence-corrected chi connectivity index (χ3v) is 2.60. The molecule has 0 aliphatic rings. The van der Waals surface area contributed by atoms with Crippen LogP contribution in [0.4, 0.5) is 0 Å². The highest BCUT2D eigenvalue weighted by Crippen LogP contribution is 2.14. The summed E-state index contributed by atoms with van der Waals surface area (Å²) in [5, 5.41) is 0. The maximum atomic E-state index is 11.0. The summed E-state index contributed by atoms with van der Waals surface area (Å²) in [7, 11) is 1.34. The molecule has 0 aliphatic carbocycles. The molecule has 2 rings (SSSR count). The Labute approximate surface area is 117 Å². The quantitative estimate of drug-likeness (QED) is 0.618. The molecular formula is C16H15NO3. The van der Waals surface area contributed by atoms with E-state index in [1.165, 1.54) is 13.2 Å². The molecule has 4 nitrogen and oxygen atoms in total. The number of hydrogen-bond donors (Lipinski definition) is 0. The lowest BCUT2D eigenvalue weighted by atomic mass is 10.2. The van der Waals surface area contributed by atoms with Crippen LogP contribution in [-0.2, 0) is 16.1 Å². The Hall–Kier alpha value is -2.62. The lowest BCUT2D eigenvalue weighted by molar-refractivity contribution is -0.134. The van der Waals surface area contributed by atoms with E-state index in [2.05, 4.69) is 9.72 Å². The van der Waals surface area contributed by atoms with Gasteiger partial charge in [0.25, 0.3) is 0 Å². The van der Waals surface area contributed by atoms with E-state index in [1.807, 2.05) is 36.4 Å². The van der Waals surface area contributed by atoms with Gasteiger partial charge in [-0.1, -0.05) is 30.3 Å². The van der Waals surface area contributed by atoms with Gasteiger partial charge in [0.15, 0.2) is 0 Å². The van der Waals surface area contributed by atoms with E-state index in [0.29, 0.717) is 12.4 Å². The van der Waals surface area contributed by atoms with E-state index < -0.39 is 5.97 Å². The number of methoxy groups -OCH3 is 1. The third kappa shape index (κ3) is 4.24. The minimum atomic E-state index is -0.402. The van der Waals surface area contributed by atoms with E-state index in [4.69, 9.17) is 4.74 Å². The van der Waals surface area contributed by atoms with Gasteiger partial charge in [0.1, 0.15) is 12.4 Å². The maximum Gasteiger partial charge on any atom is 0.330 e. The number of carbonyl (C=O) groups is 1. The summed E-state index contributed by atoms with van der Waals surface area (Å²) in [4.78, 5) is 15.1. The molecule has 0 atom stereocenters. The van der Waals surface area contributed by atoms with Gasteiger partial charge in [-0.2, -0.15) is 0 Å². The summed E-state index contributed by atoms with van der Waals surface area (Å²) in [5.41, 5.74) is 1.86. The second-order valence-corrected chi connectivity index (χ2v) is 4.08. The molecule has 0 saturated carbocycles. The first-order valence-electron chi connectivity index (χ1n) is 6.16. The molecule has 102 valence electrons. The predicted octanol–water partition coefficient (Wildman–Crippen LogP) is 2.85. The highest BCUT2D eigenvalue weighted by atomic mass is 16.5. The zero-order valence-electron chi connectivity index (χ0n) is 11.2. The topological polar surface area (TPSA) is 48.4 Å². The lowest BCUT2D eigenvalue weighted by Crippen LogP contribution is -1.96. The van der Waals surface area contributed by atoms with Gasteiger partial charge in [-0.05, 0) is 23.3 Å². The zero-order valence-corrected chi connectivity index (χ0v) is 11.2. The molecule has 1 heterocycles. The van der Waals surface area contributed by atoms with E-state index in [0.717, 1.165) is 11.1 Å². The SMILES string of the molecule is COC(=O)/C=C/c1cncc(OCc2ccccc2)c1. The average Bonchev–Trinajstić information content (AvgIpc) is 2.52. The molecule has 0 radical (unpaired) electrons. The fraction of sp³-hybridized carbons (Fsp3) is 0.125. The minimum Gasteiger partial charge on any atom is -0.487 e. The molecule has 1 aromatic heterocycles. The van der Waals surface area contributed by atoms with Crippen LogP contribution in [0.1, 0.15) is 11.1 Å². The molecule has 0 unspecified atom stereocenters. The lowest BCUT2D eigenvalue weighted by Gasteiger charge is -2.06. The average molecular weight is 269 g/mol. The van der Waals surface area contributed by atoms with E-state index >= 15 is 0 Å². The Bertz CT molecular complexity index is 594. The Morgan fingerprint density at radius 1 is 1.25 bits per heavy atom. The number of esters is 1. The van der Waals surface area contributed by atoms with E-state index in [-0.39, 0.29) is 0 Å². The van der Waals surface area contributed by atoms with Crippen LogP contribution in [0.2, 0.25) is 0 Å². The van der Waals surface area contributed by atoms with Crippen molar-refractivity contribution in [3.8, 4) is 5.75 Å². The van der Waals surface area contributed by atoms with Gasteiger partial charge in [0.05, 0.1) is 13.3 Å². The highest BCUT2D eigenvalue weighted by Gasteiger charge is 1.98. The van der Waals surface area contributed by atoms with E-state index in [1.54, 1.807) is 18.5 Å². The Balaban J connectivity index is 1.99. The monoisotopic (exact) mass is 269 g/mol. The van der Waals surface area contributed by atoms with Gasteiger partial charge in [-0.15, -0.1) is 0 Å². The Morgan fingerprint density at radius 3 is 2.80 bits per heavy atom. The molecule has 0 N–H and O–H groups in total. The van der Waals surface area contributed by atoms with Crippen LogP contribution in [0, 0.1) is 0 Å². The maximum absolute atomic E-state index is 11.0. The molecule has 20 heavy (non-hydrogen) atoms. The summed E-state index contributed by atoms with van der Waals surface area (Å²) in [5.74, 6) is 0.251. The van der Waals surface area contributed by atoms with Crippen molar-refractivity contribution in [3.63, 3.8) is 0 Å². The van der Waals surface area contributed by atoms with Gasteiger partial charge in [-0.25, -0.2) is 4.79 Å². The van der Waals surface area contributed by atoms with Crippen LogP contribution in [0.15, 0.2) is 54.9 Å². The van der Waals surface area contributed by atoms with Crippen molar-refractivity contribution in [2.24, 2.45) is 0 Å². The van der Waals surface area contributed by atoms with Gasteiger partial charge in [-0.3, -0.25) is 4.98 Å². The number of nitrogens with zero attached hydrogens (tertiary/aromatic N) is 1. The standard InChI is InChI=1S/C16H15NO3/c1-19-16(18)8-7-14-9-15(11-17-10-14)20-12-13-5-3-2-4-6-13/h2-11H,12H2,1H3/b8-7+. The molecule has 0 fully saturated rings. The van der Waals surface area contributed by atoms with Crippen molar-refractivity contribution in [3.05, 3.63) is 66.0 Å². The Morgan fingerprint density at radius 2 is 2.05 bits per heavy atom. The first-order valence-corrected chi connectivity index (χ1v) is 6.16. The smallest absolute Gasteiger partial charge is 0.330 e. The van der Waals surface area contributed by atoms with Crippen LogP contribution in [0.25, 0.3) is 6.08 Å². The molecule has 0 bridgehead atoms. The predicted molar refractivity (Wildman–Crippen MR) is 76.1 cm³/mol. The summed E-state index contributed by atoms with van der Waals surface area (Å²) < 4.78 is 10.2. The molecule has 0 spiro atoms. The van der Waals surface area contributed by atoms with Crippen molar-refractivity contribution >= 4 is 12.0 Å². The first-order chi connectivity index (χ1) is 9.78. The number of hydrogen-bond acceptors (Lipinski definition) is 4. The van der Waals surface area contributed by atoms with Crippen LogP contribution < -0.4 is 4.74 Å². The number of benzene rings is 1. The largest absolute Gasteiger partial charge is 0.487 e. The number of rotatable bonds is 5. The zero-order chi connectivity index (χ0) is 14.2. The first kappa shape index (κ1) is 13.8.